The Labute approximate surface area is 72.4 Å². The van der Waals surface area contributed by atoms with E-state index in [9.17, 15) is 4.79 Å². The molecule has 3 nitrogen and oxygen atoms in total. The van der Waals surface area contributed by atoms with Gasteiger partial charge in [-0.3, -0.25) is 14.6 Å². The third-order valence-electron chi connectivity index (χ3n) is 2.42. The number of hydrogen-bond donors (Lipinski definition) is 1. The molecule has 1 rings (SSSR count). The highest BCUT2D eigenvalue weighted by molar-refractivity contribution is 5.13. The predicted octanol–water partition coefficient (Wildman–Crippen LogP) is 1.76. The lowest BCUT2D eigenvalue weighted by molar-refractivity contribution is 0.463. The number of nitrogens with one attached hydrogen (secondary N) is 1. The van der Waals surface area contributed by atoms with Gasteiger partial charge in [0.15, 0.2) is 0 Å². The summed E-state index contributed by atoms with van der Waals surface area (Å²) in [4.78, 5) is 11.5. The normalized spacial score (nSPS) is 13.3. The van der Waals surface area contributed by atoms with Crippen molar-refractivity contribution in [3.63, 3.8) is 0 Å². The number of H-pyrrole nitrogens is 1. The smallest absolute Gasteiger partial charge is 0.269 e. The van der Waals surface area contributed by atoms with Crippen LogP contribution in [0.15, 0.2) is 4.79 Å². The van der Waals surface area contributed by atoms with E-state index in [2.05, 4.69) is 12.0 Å². The summed E-state index contributed by atoms with van der Waals surface area (Å²) >= 11 is 0. The summed E-state index contributed by atoms with van der Waals surface area (Å²) in [5.41, 5.74) is 1.91. The summed E-state index contributed by atoms with van der Waals surface area (Å²) in [6, 6.07) is 0.268. The molecule has 0 bridgehead atoms. The van der Waals surface area contributed by atoms with E-state index in [1.54, 1.807) is 4.68 Å². The lowest BCUT2D eigenvalue weighted by Crippen LogP contribution is -2.21. The van der Waals surface area contributed by atoms with Crippen molar-refractivity contribution < 1.29 is 0 Å². The second-order valence-electron chi connectivity index (χ2n) is 3.29. The Morgan fingerprint density at radius 3 is 2.42 bits per heavy atom. The Kier molecular flexibility index (Phi) is 2.40. The second kappa shape index (κ2) is 3.17. The molecule has 0 saturated carbocycles. The third kappa shape index (κ3) is 1.31. The first kappa shape index (κ1) is 9.10. The highest BCUT2D eigenvalue weighted by atomic mass is 16.1. The molecule has 68 valence electrons. The van der Waals surface area contributed by atoms with Gasteiger partial charge in [-0.1, -0.05) is 6.92 Å². The summed E-state index contributed by atoms with van der Waals surface area (Å²) < 4.78 is 1.70. The van der Waals surface area contributed by atoms with Crippen LogP contribution in [0.4, 0.5) is 0 Å². The molecule has 1 aromatic heterocycles. The molecule has 0 fully saturated rings. The van der Waals surface area contributed by atoms with E-state index >= 15 is 0 Å². The van der Waals surface area contributed by atoms with Crippen molar-refractivity contribution in [2.45, 2.75) is 40.2 Å². The van der Waals surface area contributed by atoms with Gasteiger partial charge >= 0.3 is 0 Å². The van der Waals surface area contributed by atoms with E-state index < -0.39 is 0 Å². The van der Waals surface area contributed by atoms with Crippen LogP contribution in [0.2, 0.25) is 0 Å². The first-order valence-corrected chi connectivity index (χ1v) is 4.35. The SMILES string of the molecule is CCC(C)n1[nH]c(C)c(C)c1=O. The average Bonchev–Trinajstić information content (AvgIpc) is 2.32. The maximum atomic E-state index is 11.5. The van der Waals surface area contributed by atoms with Crippen molar-refractivity contribution >= 4 is 0 Å². The summed E-state index contributed by atoms with van der Waals surface area (Å²) in [6.45, 7) is 7.89. The molecule has 1 atom stereocenters. The summed E-state index contributed by atoms with van der Waals surface area (Å²) in [7, 11) is 0. The average molecular weight is 168 g/mol. The van der Waals surface area contributed by atoms with Crippen molar-refractivity contribution in [3.8, 4) is 0 Å². The van der Waals surface area contributed by atoms with Crippen molar-refractivity contribution in [1.29, 1.82) is 0 Å². The quantitative estimate of drug-likeness (QED) is 0.718. The summed E-state index contributed by atoms with van der Waals surface area (Å²) in [6.07, 6.45) is 0.972. The molecule has 0 saturated heterocycles. The fourth-order valence-corrected chi connectivity index (χ4v) is 1.15. The minimum Gasteiger partial charge on any atom is -0.299 e. The molecule has 0 aliphatic rings. The van der Waals surface area contributed by atoms with E-state index in [1.165, 1.54) is 0 Å². The van der Waals surface area contributed by atoms with Gasteiger partial charge in [-0.05, 0) is 27.2 Å². The third-order valence-corrected chi connectivity index (χ3v) is 2.42. The topological polar surface area (TPSA) is 37.8 Å². The molecule has 3 heteroatoms. The molecule has 1 heterocycles. The van der Waals surface area contributed by atoms with E-state index in [-0.39, 0.29) is 11.6 Å². The van der Waals surface area contributed by atoms with Crippen LogP contribution in [0.25, 0.3) is 0 Å². The van der Waals surface area contributed by atoms with Gasteiger partial charge in [-0.15, -0.1) is 0 Å². The number of nitrogens with zero attached hydrogens (tertiary/aromatic N) is 1. The standard InChI is InChI=1S/C9H16N2O/c1-5-6(2)11-9(12)7(3)8(4)10-11/h6,10H,5H2,1-4H3. The number of aromatic nitrogens is 2. The molecule has 1 unspecified atom stereocenters. The van der Waals surface area contributed by atoms with E-state index in [0.29, 0.717) is 0 Å². The fraction of sp³-hybridized carbons (Fsp3) is 0.667. The zero-order valence-corrected chi connectivity index (χ0v) is 8.14. The van der Waals surface area contributed by atoms with Crippen LogP contribution < -0.4 is 5.56 Å². The second-order valence-corrected chi connectivity index (χ2v) is 3.29. The summed E-state index contributed by atoms with van der Waals surface area (Å²) in [5.74, 6) is 0. The molecule has 0 amide bonds. The monoisotopic (exact) mass is 168 g/mol. The van der Waals surface area contributed by atoms with Gasteiger partial charge in [0.25, 0.3) is 5.56 Å². The van der Waals surface area contributed by atoms with E-state index in [0.717, 1.165) is 17.7 Å². The highest BCUT2D eigenvalue weighted by Gasteiger charge is 2.09. The van der Waals surface area contributed by atoms with Gasteiger partial charge in [0, 0.05) is 11.3 Å². The Hall–Kier alpha value is -0.990. The zero-order valence-electron chi connectivity index (χ0n) is 8.14. The van der Waals surface area contributed by atoms with Crippen LogP contribution in [0.5, 0.6) is 0 Å². The first-order valence-electron chi connectivity index (χ1n) is 4.35. The van der Waals surface area contributed by atoms with Crippen molar-refractivity contribution in [3.05, 3.63) is 21.6 Å². The Morgan fingerprint density at radius 1 is 1.50 bits per heavy atom. The molecule has 0 radical (unpaired) electrons. The minimum absolute atomic E-state index is 0.113. The number of rotatable bonds is 2. The zero-order chi connectivity index (χ0) is 9.30. The van der Waals surface area contributed by atoms with Gasteiger partial charge in [0.1, 0.15) is 0 Å². The van der Waals surface area contributed by atoms with Crippen LogP contribution in [-0.2, 0) is 0 Å². The van der Waals surface area contributed by atoms with Crippen LogP contribution in [0.3, 0.4) is 0 Å². The lowest BCUT2D eigenvalue weighted by Gasteiger charge is -2.08. The van der Waals surface area contributed by atoms with Gasteiger partial charge in [-0.2, -0.15) is 0 Å². The van der Waals surface area contributed by atoms with Crippen LogP contribution in [0, 0.1) is 13.8 Å². The van der Waals surface area contributed by atoms with Crippen molar-refractivity contribution in [2.75, 3.05) is 0 Å². The van der Waals surface area contributed by atoms with Gasteiger partial charge in [-0.25, -0.2) is 0 Å². The van der Waals surface area contributed by atoms with Crippen molar-refractivity contribution in [1.82, 2.24) is 9.78 Å². The first-order chi connectivity index (χ1) is 5.57. The van der Waals surface area contributed by atoms with Crippen molar-refractivity contribution in [2.24, 2.45) is 0 Å². The van der Waals surface area contributed by atoms with Crippen LogP contribution in [0.1, 0.15) is 37.6 Å². The molecular formula is C9H16N2O. The molecule has 12 heavy (non-hydrogen) atoms. The number of aromatic amines is 1. The van der Waals surface area contributed by atoms with E-state index in [4.69, 9.17) is 0 Å². The van der Waals surface area contributed by atoms with Gasteiger partial charge in [0.05, 0.1) is 6.04 Å². The fourth-order valence-electron chi connectivity index (χ4n) is 1.15. The van der Waals surface area contributed by atoms with Gasteiger partial charge in [0.2, 0.25) is 0 Å². The number of aryl methyl sites for hydroxylation is 1. The Morgan fingerprint density at radius 2 is 2.08 bits per heavy atom. The molecular weight excluding hydrogens is 152 g/mol. The molecule has 0 aliphatic carbocycles. The lowest BCUT2D eigenvalue weighted by atomic mass is 10.2. The molecule has 1 N–H and O–H groups in total. The molecule has 1 aromatic rings. The highest BCUT2D eigenvalue weighted by Crippen LogP contribution is 2.07. The van der Waals surface area contributed by atoms with Crippen LogP contribution >= 0.6 is 0 Å². The number of hydrogen-bond acceptors (Lipinski definition) is 1. The Bertz CT molecular complexity index is 322. The van der Waals surface area contributed by atoms with Crippen LogP contribution in [-0.4, -0.2) is 9.78 Å². The maximum absolute atomic E-state index is 11.5. The minimum atomic E-state index is 0.113. The summed E-state index contributed by atoms with van der Waals surface area (Å²) in [5, 5.41) is 3.07. The maximum Gasteiger partial charge on any atom is 0.269 e. The van der Waals surface area contributed by atoms with E-state index in [1.807, 2.05) is 20.8 Å². The molecule has 0 aliphatic heterocycles. The molecule has 0 spiro atoms. The largest absolute Gasteiger partial charge is 0.299 e. The predicted molar refractivity (Wildman–Crippen MR) is 49.5 cm³/mol. The van der Waals surface area contributed by atoms with Gasteiger partial charge < -0.3 is 0 Å². The Balaban J connectivity index is 3.18. The molecule has 0 aromatic carbocycles.